The maximum atomic E-state index is 13.2. The van der Waals surface area contributed by atoms with Crippen LogP contribution in [0.4, 0.5) is 0 Å². The predicted molar refractivity (Wildman–Crippen MR) is 142 cm³/mol. The highest BCUT2D eigenvalue weighted by atomic mass is 16.5. The van der Waals surface area contributed by atoms with E-state index in [1.165, 1.54) is 6.21 Å². The van der Waals surface area contributed by atoms with Crippen molar-refractivity contribution in [1.82, 2.24) is 10.4 Å². The Balaban J connectivity index is 1.58. The van der Waals surface area contributed by atoms with Gasteiger partial charge in [0.05, 0.1) is 43.8 Å². The van der Waals surface area contributed by atoms with Crippen LogP contribution in [-0.4, -0.2) is 37.9 Å². The van der Waals surface area contributed by atoms with Gasteiger partial charge >= 0.3 is 0 Å². The topological polar surface area (TPSA) is 82.0 Å². The Morgan fingerprint density at radius 1 is 0.972 bits per heavy atom. The van der Waals surface area contributed by atoms with Crippen LogP contribution in [0, 0.1) is 0 Å². The van der Waals surface area contributed by atoms with Gasteiger partial charge in [0.25, 0.3) is 5.91 Å². The van der Waals surface area contributed by atoms with Crippen molar-refractivity contribution in [2.24, 2.45) is 5.10 Å². The number of nitrogens with zero attached hydrogens (tertiary/aromatic N) is 2. The van der Waals surface area contributed by atoms with E-state index in [2.05, 4.69) is 17.5 Å². The lowest BCUT2D eigenvalue weighted by Crippen LogP contribution is -2.18. The van der Waals surface area contributed by atoms with E-state index in [0.29, 0.717) is 34.9 Å². The number of pyridine rings is 1. The number of unbranched alkanes of at least 4 members (excludes halogenated alkanes) is 1. The first-order valence-corrected chi connectivity index (χ1v) is 11.8. The number of rotatable bonds is 10. The lowest BCUT2D eigenvalue weighted by Gasteiger charge is -2.10. The van der Waals surface area contributed by atoms with Gasteiger partial charge in [-0.05, 0) is 55.0 Å². The van der Waals surface area contributed by atoms with E-state index in [0.717, 1.165) is 35.1 Å². The van der Waals surface area contributed by atoms with Crippen LogP contribution in [-0.2, 0) is 0 Å². The van der Waals surface area contributed by atoms with Gasteiger partial charge in [-0.25, -0.2) is 10.4 Å². The van der Waals surface area contributed by atoms with Crippen LogP contribution < -0.4 is 19.6 Å². The van der Waals surface area contributed by atoms with Crippen molar-refractivity contribution in [3.05, 3.63) is 83.9 Å². The fourth-order valence-corrected chi connectivity index (χ4v) is 3.71. The third-order valence-corrected chi connectivity index (χ3v) is 5.69. The summed E-state index contributed by atoms with van der Waals surface area (Å²) < 4.78 is 16.4. The Labute approximate surface area is 210 Å². The molecule has 0 radical (unpaired) electrons. The largest absolute Gasteiger partial charge is 0.497 e. The normalized spacial score (nSPS) is 11.0. The molecule has 0 saturated heterocycles. The Bertz CT molecular complexity index is 1370. The zero-order chi connectivity index (χ0) is 25.3. The van der Waals surface area contributed by atoms with Crippen LogP contribution in [0.25, 0.3) is 22.2 Å². The molecule has 0 unspecified atom stereocenters. The predicted octanol–water partition coefficient (Wildman–Crippen LogP) is 5.86. The van der Waals surface area contributed by atoms with Gasteiger partial charge in [0.15, 0.2) is 0 Å². The first kappa shape index (κ1) is 24.7. The number of hydrogen-bond donors (Lipinski definition) is 1. The number of aromatic nitrogens is 1. The van der Waals surface area contributed by atoms with E-state index in [4.69, 9.17) is 19.2 Å². The van der Waals surface area contributed by atoms with E-state index < -0.39 is 0 Å². The number of ether oxygens (including phenoxy) is 3. The molecular weight excluding hydrogens is 454 g/mol. The Morgan fingerprint density at radius 2 is 1.75 bits per heavy atom. The van der Waals surface area contributed by atoms with Crippen molar-refractivity contribution >= 4 is 23.0 Å². The fraction of sp³-hybridized carbons (Fsp3) is 0.207. The molecule has 1 amide bonds. The minimum atomic E-state index is -0.335. The second-order valence-corrected chi connectivity index (χ2v) is 8.11. The van der Waals surface area contributed by atoms with Crippen LogP contribution >= 0.6 is 0 Å². The summed E-state index contributed by atoms with van der Waals surface area (Å²) in [6, 6.07) is 22.5. The summed E-state index contributed by atoms with van der Waals surface area (Å²) in [5.74, 6) is 1.74. The first-order valence-electron chi connectivity index (χ1n) is 11.8. The number of carbonyl (C=O) groups excluding carboxylic acids is 1. The summed E-state index contributed by atoms with van der Waals surface area (Å²) in [6.45, 7) is 2.82. The van der Waals surface area contributed by atoms with Gasteiger partial charge in [-0.1, -0.05) is 31.5 Å². The van der Waals surface area contributed by atoms with Crippen molar-refractivity contribution < 1.29 is 19.0 Å². The van der Waals surface area contributed by atoms with Crippen LogP contribution in [0.1, 0.15) is 35.7 Å². The third-order valence-electron chi connectivity index (χ3n) is 5.69. The number of hydrogen-bond acceptors (Lipinski definition) is 6. The summed E-state index contributed by atoms with van der Waals surface area (Å²) in [5, 5.41) is 4.90. The molecule has 36 heavy (non-hydrogen) atoms. The van der Waals surface area contributed by atoms with Crippen molar-refractivity contribution in [3.63, 3.8) is 0 Å². The van der Waals surface area contributed by atoms with Crippen LogP contribution in [0.5, 0.6) is 17.2 Å². The lowest BCUT2D eigenvalue weighted by molar-refractivity contribution is 0.0956. The fourth-order valence-electron chi connectivity index (χ4n) is 3.71. The molecular formula is C29H29N3O4. The minimum Gasteiger partial charge on any atom is -0.497 e. The Kier molecular flexibility index (Phi) is 8.13. The molecule has 1 heterocycles. The monoisotopic (exact) mass is 483 g/mol. The SMILES string of the molecule is CCCCOc1ccc(-c2cc(C(=O)N/N=C/c3ccc(OC)cc3OC)c3ccccc3n2)cc1. The minimum absolute atomic E-state index is 0.335. The highest BCUT2D eigenvalue weighted by molar-refractivity contribution is 6.07. The molecule has 1 N–H and O–H groups in total. The molecule has 0 atom stereocenters. The quantitative estimate of drug-likeness (QED) is 0.174. The second-order valence-electron chi connectivity index (χ2n) is 8.11. The molecule has 0 aliphatic rings. The highest BCUT2D eigenvalue weighted by Crippen LogP contribution is 2.27. The second kappa shape index (κ2) is 11.8. The smallest absolute Gasteiger partial charge is 0.272 e. The summed E-state index contributed by atoms with van der Waals surface area (Å²) in [4.78, 5) is 17.9. The molecule has 0 aliphatic heterocycles. The zero-order valence-corrected chi connectivity index (χ0v) is 20.7. The summed E-state index contributed by atoms with van der Waals surface area (Å²) in [6.07, 6.45) is 3.64. The number of benzene rings is 3. The van der Waals surface area contributed by atoms with Gasteiger partial charge < -0.3 is 14.2 Å². The number of para-hydroxylation sites is 1. The molecule has 0 saturated carbocycles. The number of methoxy groups -OCH3 is 2. The van der Waals surface area contributed by atoms with Crippen molar-refractivity contribution in [2.75, 3.05) is 20.8 Å². The third kappa shape index (κ3) is 5.81. The van der Waals surface area contributed by atoms with Crippen molar-refractivity contribution in [1.29, 1.82) is 0 Å². The number of amides is 1. The number of nitrogens with one attached hydrogen (secondary N) is 1. The molecule has 0 spiro atoms. The molecule has 7 nitrogen and oxygen atoms in total. The van der Waals surface area contributed by atoms with Gasteiger partial charge in [0.1, 0.15) is 17.2 Å². The molecule has 0 aliphatic carbocycles. The van der Waals surface area contributed by atoms with Gasteiger partial charge in [-0.3, -0.25) is 4.79 Å². The van der Waals surface area contributed by atoms with Gasteiger partial charge in [-0.2, -0.15) is 5.10 Å². The Morgan fingerprint density at radius 3 is 2.50 bits per heavy atom. The van der Waals surface area contributed by atoms with Crippen LogP contribution in [0.15, 0.2) is 77.9 Å². The molecule has 184 valence electrons. The number of hydrazone groups is 1. The number of fused-ring (bicyclic) bond motifs is 1. The van der Waals surface area contributed by atoms with E-state index in [9.17, 15) is 4.79 Å². The van der Waals surface area contributed by atoms with E-state index in [1.807, 2.05) is 54.6 Å². The van der Waals surface area contributed by atoms with E-state index in [-0.39, 0.29) is 5.91 Å². The molecule has 0 bridgehead atoms. The summed E-state index contributed by atoms with van der Waals surface area (Å²) >= 11 is 0. The van der Waals surface area contributed by atoms with Gasteiger partial charge in [0.2, 0.25) is 0 Å². The lowest BCUT2D eigenvalue weighted by atomic mass is 10.0. The van der Waals surface area contributed by atoms with Crippen molar-refractivity contribution in [2.45, 2.75) is 19.8 Å². The van der Waals surface area contributed by atoms with E-state index >= 15 is 0 Å². The molecule has 3 aromatic carbocycles. The molecule has 4 aromatic rings. The average molecular weight is 484 g/mol. The molecule has 0 fully saturated rings. The average Bonchev–Trinajstić information content (AvgIpc) is 2.93. The standard InChI is InChI=1S/C29H29N3O4/c1-4-5-16-36-22-13-10-20(11-14-22)27-18-25(24-8-6-7-9-26(24)31-27)29(33)32-30-19-21-12-15-23(34-2)17-28(21)35-3/h6-15,17-19H,4-5,16H2,1-3H3,(H,32,33)/b30-19+. The maximum absolute atomic E-state index is 13.2. The number of carbonyl (C=O) groups is 1. The molecule has 4 rings (SSSR count). The highest BCUT2D eigenvalue weighted by Gasteiger charge is 2.14. The van der Waals surface area contributed by atoms with Crippen molar-refractivity contribution in [3.8, 4) is 28.5 Å². The molecule has 7 heteroatoms. The van der Waals surface area contributed by atoms with Gasteiger partial charge in [-0.15, -0.1) is 0 Å². The van der Waals surface area contributed by atoms with Gasteiger partial charge in [0, 0.05) is 22.6 Å². The van der Waals surface area contributed by atoms with Crippen LogP contribution in [0.3, 0.4) is 0 Å². The summed E-state index contributed by atoms with van der Waals surface area (Å²) in [5.41, 5.74) is 6.14. The Hall–Kier alpha value is -4.39. The summed E-state index contributed by atoms with van der Waals surface area (Å²) in [7, 11) is 3.16. The maximum Gasteiger partial charge on any atom is 0.272 e. The zero-order valence-electron chi connectivity index (χ0n) is 20.7. The first-order chi connectivity index (χ1) is 17.6. The van der Waals surface area contributed by atoms with E-state index in [1.54, 1.807) is 32.4 Å². The van der Waals surface area contributed by atoms with Crippen LogP contribution in [0.2, 0.25) is 0 Å². The molecule has 1 aromatic heterocycles.